The molecule has 6 nitrogen and oxygen atoms in total. The van der Waals surface area contributed by atoms with Crippen molar-refractivity contribution in [1.82, 2.24) is 14.9 Å². The average molecular weight is 397 g/mol. The molecule has 2 N–H and O–H groups in total. The van der Waals surface area contributed by atoms with Gasteiger partial charge in [-0.15, -0.1) is 0 Å². The van der Waals surface area contributed by atoms with E-state index in [4.69, 9.17) is 0 Å². The molecule has 4 aromatic rings. The average Bonchev–Trinajstić information content (AvgIpc) is 2.79. The molecule has 0 saturated carbocycles. The summed E-state index contributed by atoms with van der Waals surface area (Å²) in [6.07, 6.45) is 0.781. The molecule has 0 fully saturated rings. The summed E-state index contributed by atoms with van der Waals surface area (Å²) >= 11 is 0. The normalized spacial score (nSPS) is 15.7. The number of hydrogen-bond donors (Lipinski definition) is 2. The van der Waals surface area contributed by atoms with Gasteiger partial charge >= 0.3 is 11.1 Å². The van der Waals surface area contributed by atoms with Crippen LogP contribution in [-0.4, -0.2) is 27.3 Å². The minimum Gasteiger partial charge on any atom is -0.327 e. The molecule has 1 aliphatic rings. The summed E-state index contributed by atoms with van der Waals surface area (Å²) < 4.78 is 0. The number of aromatic nitrogens is 2. The van der Waals surface area contributed by atoms with Gasteiger partial charge in [0.2, 0.25) is 0 Å². The Balaban J connectivity index is 1.60. The number of hydrogen-bond acceptors (Lipinski definition) is 3. The van der Waals surface area contributed by atoms with Crippen LogP contribution in [0.1, 0.15) is 33.1 Å². The summed E-state index contributed by atoms with van der Waals surface area (Å²) in [5.74, 6) is -0.118. The van der Waals surface area contributed by atoms with E-state index in [1.165, 1.54) is 5.56 Å². The maximum atomic E-state index is 13.6. The van der Waals surface area contributed by atoms with Crippen LogP contribution in [0.3, 0.4) is 0 Å². The molecule has 6 heteroatoms. The molecule has 1 amide bonds. The molecule has 0 bridgehead atoms. The Labute approximate surface area is 171 Å². The lowest BCUT2D eigenvalue weighted by molar-refractivity contribution is 0.0694. The number of nitrogens with zero attached hydrogens (tertiary/aromatic N) is 1. The third-order valence-electron chi connectivity index (χ3n) is 5.63. The van der Waals surface area contributed by atoms with Crippen molar-refractivity contribution in [1.29, 1.82) is 0 Å². The van der Waals surface area contributed by atoms with Crippen molar-refractivity contribution >= 4 is 16.9 Å². The quantitative estimate of drug-likeness (QED) is 0.510. The minimum absolute atomic E-state index is 0.118. The van der Waals surface area contributed by atoms with Crippen LogP contribution in [0.25, 0.3) is 11.0 Å². The Morgan fingerprint density at radius 1 is 0.833 bits per heavy atom. The Kier molecular flexibility index (Phi) is 4.32. The summed E-state index contributed by atoms with van der Waals surface area (Å²) in [7, 11) is 0. The van der Waals surface area contributed by atoms with Crippen molar-refractivity contribution in [2.24, 2.45) is 0 Å². The van der Waals surface area contributed by atoms with Gasteiger partial charge in [-0.3, -0.25) is 14.4 Å². The van der Waals surface area contributed by atoms with Crippen molar-refractivity contribution in [2.75, 3.05) is 6.54 Å². The summed E-state index contributed by atoms with van der Waals surface area (Å²) in [5, 5.41) is 0. The number of carbonyl (C=O) groups is 1. The first-order valence-electron chi connectivity index (χ1n) is 9.82. The topological polar surface area (TPSA) is 86.0 Å². The number of H-pyrrole nitrogens is 2. The Morgan fingerprint density at radius 3 is 2.33 bits per heavy atom. The predicted octanol–water partition coefficient (Wildman–Crippen LogP) is 3.00. The first-order valence-corrected chi connectivity index (χ1v) is 9.82. The van der Waals surface area contributed by atoms with E-state index in [0.29, 0.717) is 23.1 Å². The monoisotopic (exact) mass is 397 g/mol. The first-order chi connectivity index (χ1) is 14.6. The van der Waals surface area contributed by atoms with Gasteiger partial charge < -0.3 is 14.9 Å². The van der Waals surface area contributed by atoms with E-state index in [1.807, 2.05) is 47.4 Å². The number of aromatic amines is 2. The van der Waals surface area contributed by atoms with Crippen LogP contribution < -0.4 is 11.1 Å². The standard InChI is InChI=1S/C24H19N3O3/c28-22-23(29)26-20-14-17(10-11-19(20)25-22)24(30)27-13-12-15-6-4-5-9-18(15)21(27)16-7-2-1-3-8-16/h1-11,14,21H,12-13H2,(H,25,28)(H,26,29)/t21-/m1/s1. The van der Waals surface area contributed by atoms with Crippen molar-refractivity contribution in [3.05, 3.63) is 116 Å². The highest BCUT2D eigenvalue weighted by Gasteiger charge is 2.32. The molecule has 1 atom stereocenters. The summed E-state index contributed by atoms with van der Waals surface area (Å²) in [6, 6.07) is 23.0. The Hall–Kier alpha value is -3.93. The zero-order chi connectivity index (χ0) is 20.7. The van der Waals surface area contributed by atoms with Gasteiger partial charge in [0.25, 0.3) is 5.91 Å². The van der Waals surface area contributed by atoms with Crippen LogP contribution in [0.4, 0.5) is 0 Å². The van der Waals surface area contributed by atoms with Crippen LogP contribution in [-0.2, 0) is 6.42 Å². The van der Waals surface area contributed by atoms with Crippen molar-refractivity contribution in [3.8, 4) is 0 Å². The summed E-state index contributed by atoms with van der Waals surface area (Å²) in [5.41, 5.74) is 3.36. The second-order valence-corrected chi connectivity index (χ2v) is 7.43. The molecule has 5 rings (SSSR count). The SMILES string of the molecule is O=C(c1ccc2[nH]c(=O)c(=O)[nH]c2c1)N1CCc2ccccc2[C@H]1c1ccccc1. The molecule has 0 saturated heterocycles. The van der Waals surface area contributed by atoms with Gasteiger partial charge in [0.05, 0.1) is 17.1 Å². The van der Waals surface area contributed by atoms with Gasteiger partial charge in [-0.1, -0.05) is 54.6 Å². The zero-order valence-corrected chi connectivity index (χ0v) is 16.1. The van der Waals surface area contributed by atoms with Crippen LogP contribution >= 0.6 is 0 Å². The third-order valence-corrected chi connectivity index (χ3v) is 5.63. The third kappa shape index (κ3) is 3.03. The largest absolute Gasteiger partial charge is 0.327 e. The number of nitrogens with one attached hydrogen (secondary N) is 2. The lowest BCUT2D eigenvalue weighted by atomic mass is 9.87. The second-order valence-electron chi connectivity index (χ2n) is 7.43. The maximum Gasteiger partial charge on any atom is 0.314 e. The van der Waals surface area contributed by atoms with E-state index >= 15 is 0 Å². The van der Waals surface area contributed by atoms with E-state index in [1.54, 1.807) is 18.2 Å². The molecule has 30 heavy (non-hydrogen) atoms. The smallest absolute Gasteiger partial charge is 0.314 e. The van der Waals surface area contributed by atoms with Gasteiger partial charge in [-0.25, -0.2) is 0 Å². The molecule has 0 spiro atoms. The molecular formula is C24H19N3O3. The van der Waals surface area contributed by atoms with E-state index in [0.717, 1.165) is 17.5 Å². The lowest BCUT2D eigenvalue weighted by Gasteiger charge is -2.38. The fourth-order valence-corrected chi connectivity index (χ4v) is 4.19. The van der Waals surface area contributed by atoms with Crippen molar-refractivity contribution in [3.63, 3.8) is 0 Å². The fourth-order valence-electron chi connectivity index (χ4n) is 4.19. The number of rotatable bonds is 2. The molecule has 1 aromatic heterocycles. The highest BCUT2D eigenvalue weighted by atomic mass is 16.2. The fraction of sp³-hybridized carbons (Fsp3) is 0.125. The lowest BCUT2D eigenvalue weighted by Crippen LogP contribution is -2.40. The van der Waals surface area contributed by atoms with Crippen LogP contribution in [0.5, 0.6) is 0 Å². The molecule has 3 aromatic carbocycles. The van der Waals surface area contributed by atoms with Crippen LogP contribution in [0.2, 0.25) is 0 Å². The molecule has 0 aliphatic carbocycles. The molecule has 0 radical (unpaired) electrons. The van der Waals surface area contributed by atoms with E-state index in [-0.39, 0.29) is 11.9 Å². The summed E-state index contributed by atoms with van der Waals surface area (Å²) in [6.45, 7) is 0.593. The molecule has 0 unspecified atom stereocenters. The molecule has 148 valence electrons. The Bertz CT molecular complexity index is 1370. The van der Waals surface area contributed by atoms with Gasteiger partial charge in [-0.2, -0.15) is 0 Å². The van der Waals surface area contributed by atoms with Gasteiger partial charge in [0, 0.05) is 12.1 Å². The van der Waals surface area contributed by atoms with Crippen molar-refractivity contribution in [2.45, 2.75) is 12.5 Å². The highest BCUT2D eigenvalue weighted by molar-refractivity contribution is 5.97. The maximum absolute atomic E-state index is 13.6. The van der Waals surface area contributed by atoms with Crippen LogP contribution in [0.15, 0.2) is 82.4 Å². The number of fused-ring (bicyclic) bond motifs is 2. The minimum atomic E-state index is -0.735. The summed E-state index contributed by atoms with van der Waals surface area (Å²) in [4.78, 5) is 43.7. The van der Waals surface area contributed by atoms with Crippen LogP contribution in [0, 0.1) is 0 Å². The Morgan fingerprint density at radius 2 is 1.53 bits per heavy atom. The molecule has 1 aliphatic heterocycles. The zero-order valence-electron chi connectivity index (χ0n) is 16.1. The molecule has 2 heterocycles. The van der Waals surface area contributed by atoms with Gasteiger partial charge in [0.1, 0.15) is 0 Å². The number of carbonyl (C=O) groups excluding carboxylic acids is 1. The van der Waals surface area contributed by atoms with E-state index in [2.05, 4.69) is 22.1 Å². The van der Waals surface area contributed by atoms with E-state index in [9.17, 15) is 14.4 Å². The van der Waals surface area contributed by atoms with E-state index < -0.39 is 11.1 Å². The number of benzene rings is 3. The number of amides is 1. The molecular weight excluding hydrogens is 378 g/mol. The first kappa shape index (κ1) is 18.1. The van der Waals surface area contributed by atoms with Crippen molar-refractivity contribution < 1.29 is 4.79 Å². The van der Waals surface area contributed by atoms with Gasteiger partial charge in [-0.05, 0) is 41.3 Å². The second kappa shape index (κ2) is 7.15. The predicted molar refractivity (Wildman–Crippen MR) is 115 cm³/mol. The van der Waals surface area contributed by atoms with Gasteiger partial charge in [0.15, 0.2) is 0 Å². The highest BCUT2D eigenvalue weighted by Crippen LogP contribution is 2.36.